The third-order valence-electron chi connectivity index (χ3n) is 3.06. The number of carbonyl (C=O) groups is 1. The quantitative estimate of drug-likeness (QED) is 0.823. The summed E-state index contributed by atoms with van der Waals surface area (Å²) < 4.78 is 30.8. The van der Waals surface area contributed by atoms with Gasteiger partial charge in [-0.3, -0.25) is 0 Å². The summed E-state index contributed by atoms with van der Waals surface area (Å²) in [6, 6.07) is 4.02. The fourth-order valence-corrected chi connectivity index (χ4v) is 3.76. The first-order valence-electron chi connectivity index (χ1n) is 6.05. The number of benzene rings is 1. The maximum Gasteiger partial charge on any atom is 0.339 e. The molecule has 1 N–H and O–H groups in total. The van der Waals surface area contributed by atoms with Gasteiger partial charge in [0.2, 0.25) is 10.0 Å². The topological polar surface area (TPSA) is 75.7 Å². The molecule has 118 valence electrons. The maximum atomic E-state index is 12.4. The Bertz CT molecular complexity index is 616. The molecule has 2 rings (SSSR count). The Hall–Kier alpha value is -0.860. The molecule has 0 amide bonds. The molecule has 0 unspecified atom stereocenters. The maximum absolute atomic E-state index is 12.4. The predicted octanol–water partition coefficient (Wildman–Crippen LogP) is 1.14. The molecule has 1 heterocycles. The number of hydrogen-bond donors (Lipinski definition) is 1. The van der Waals surface area contributed by atoms with E-state index in [-0.39, 0.29) is 27.9 Å². The van der Waals surface area contributed by atoms with Crippen molar-refractivity contribution < 1.29 is 17.9 Å². The predicted molar refractivity (Wildman–Crippen MR) is 81.7 cm³/mol. The fourth-order valence-electron chi connectivity index (χ4n) is 1.97. The van der Waals surface area contributed by atoms with Gasteiger partial charge in [0.1, 0.15) is 0 Å². The van der Waals surface area contributed by atoms with Crippen LogP contribution >= 0.6 is 24.0 Å². The molecule has 6 nitrogen and oxygen atoms in total. The van der Waals surface area contributed by atoms with Gasteiger partial charge in [-0.05, 0) is 18.2 Å². The number of methoxy groups -OCH3 is 1. The Labute approximate surface area is 134 Å². The van der Waals surface area contributed by atoms with Crippen LogP contribution in [0.25, 0.3) is 0 Å². The van der Waals surface area contributed by atoms with Gasteiger partial charge in [0.15, 0.2) is 0 Å². The molecule has 0 atom stereocenters. The summed E-state index contributed by atoms with van der Waals surface area (Å²) in [5, 5.41) is 3.15. The molecule has 9 heteroatoms. The molecule has 0 saturated carbocycles. The lowest BCUT2D eigenvalue weighted by atomic mass is 10.2. The van der Waals surface area contributed by atoms with Crippen molar-refractivity contribution >= 4 is 40.0 Å². The van der Waals surface area contributed by atoms with Gasteiger partial charge in [-0.2, -0.15) is 4.31 Å². The van der Waals surface area contributed by atoms with E-state index in [2.05, 4.69) is 10.1 Å². The number of halogens is 2. The molecule has 1 aliphatic heterocycles. The second kappa shape index (κ2) is 7.42. The van der Waals surface area contributed by atoms with Crippen LogP contribution < -0.4 is 5.32 Å². The second-order valence-corrected chi connectivity index (χ2v) is 6.63. The highest BCUT2D eigenvalue weighted by Crippen LogP contribution is 2.24. The number of sulfonamides is 1. The van der Waals surface area contributed by atoms with Crippen molar-refractivity contribution in [3.63, 3.8) is 0 Å². The highest BCUT2D eigenvalue weighted by Gasteiger charge is 2.26. The standard InChI is InChI=1S/C12H15ClN2O4S.ClH/c1-19-12(16)10-3-2-9(8-11(10)13)20(17,18)15-6-4-14-5-7-15;/h2-3,8,14H,4-7H2,1H3;1H. The molecule has 21 heavy (non-hydrogen) atoms. The van der Waals surface area contributed by atoms with E-state index in [1.807, 2.05) is 0 Å². The molecule has 0 radical (unpaired) electrons. The SMILES string of the molecule is COC(=O)c1ccc(S(=O)(=O)N2CCNCC2)cc1Cl.Cl. The summed E-state index contributed by atoms with van der Waals surface area (Å²) in [5.74, 6) is -0.596. The van der Waals surface area contributed by atoms with Crippen molar-refractivity contribution in [1.82, 2.24) is 9.62 Å². The van der Waals surface area contributed by atoms with Gasteiger partial charge in [-0.25, -0.2) is 13.2 Å². The minimum absolute atomic E-state index is 0. The molecule has 0 bridgehead atoms. The summed E-state index contributed by atoms with van der Waals surface area (Å²) in [7, 11) is -2.34. The number of nitrogens with one attached hydrogen (secondary N) is 1. The van der Waals surface area contributed by atoms with Crippen LogP contribution in [0.1, 0.15) is 10.4 Å². The highest BCUT2D eigenvalue weighted by molar-refractivity contribution is 7.89. The minimum Gasteiger partial charge on any atom is -0.465 e. The van der Waals surface area contributed by atoms with Crippen LogP contribution in [-0.2, 0) is 14.8 Å². The summed E-state index contributed by atoms with van der Waals surface area (Å²) in [5.41, 5.74) is 0.147. The second-order valence-electron chi connectivity index (χ2n) is 4.29. The minimum atomic E-state index is -3.58. The zero-order chi connectivity index (χ0) is 14.8. The van der Waals surface area contributed by atoms with E-state index in [9.17, 15) is 13.2 Å². The lowest BCUT2D eigenvalue weighted by Gasteiger charge is -2.26. The normalized spacial score (nSPS) is 16.1. The zero-order valence-electron chi connectivity index (χ0n) is 11.3. The van der Waals surface area contributed by atoms with E-state index in [1.54, 1.807) is 0 Å². The van der Waals surface area contributed by atoms with Crippen molar-refractivity contribution in [1.29, 1.82) is 0 Å². The van der Waals surface area contributed by atoms with Gasteiger partial charge < -0.3 is 10.1 Å². The third-order valence-corrected chi connectivity index (χ3v) is 5.27. The summed E-state index contributed by atoms with van der Waals surface area (Å²) in [6.45, 7) is 2.07. The van der Waals surface area contributed by atoms with Crippen molar-refractivity contribution in [3.8, 4) is 0 Å². The Kier molecular flexibility index (Phi) is 6.42. The molecular weight excluding hydrogens is 339 g/mol. The molecule has 0 aliphatic carbocycles. The van der Waals surface area contributed by atoms with Crippen LogP contribution in [0.4, 0.5) is 0 Å². The Balaban J connectivity index is 0.00000220. The average Bonchev–Trinajstić information content (AvgIpc) is 2.47. The first-order valence-corrected chi connectivity index (χ1v) is 7.87. The van der Waals surface area contributed by atoms with Crippen molar-refractivity contribution in [2.75, 3.05) is 33.3 Å². The van der Waals surface area contributed by atoms with Crippen LogP contribution in [0.2, 0.25) is 5.02 Å². The lowest BCUT2D eigenvalue weighted by molar-refractivity contribution is 0.0601. The van der Waals surface area contributed by atoms with Crippen LogP contribution in [0.15, 0.2) is 23.1 Å². The van der Waals surface area contributed by atoms with Crippen LogP contribution in [-0.4, -0.2) is 52.0 Å². The molecule has 0 spiro atoms. The summed E-state index contributed by atoms with van der Waals surface area (Å²) >= 11 is 5.95. The highest BCUT2D eigenvalue weighted by atomic mass is 35.5. The van der Waals surface area contributed by atoms with E-state index in [0.29, 0.717) is 26.2 Å². The van der Waals surface area contributed by atoms with Gasteiger partial charge in [-0.1, -0.05) is 11.6 Å². The first kappa shape index (κ1) is 18.2. The Morgan fingerprint density at radius 3 is 2.48 bits per heavy atom. The Morgan fingerprint density at radius 2 is 1.95 bits per heavy atom. The smallest absolute Gasteiger partial charge is 0.339 e. The number of nitrogens with zero attached hydrogens (tertiary/aromatic N) is 1. The van der Waals surface area contributed by atoms with E-state index in [4.69, 9.17) is 11.6 Å². The van der Waals surface area contributed by atoms with Gasteiger partial charge in [0, 0.05) is 26.2 Å². The van der Waals surface area contributed by atoms with Gasteiger partial charge >= 0.3 is 5.97 Å². The molecule has 0 aromatic heterocycles. The van der Waals surface area contributed by atoms with Gasteiger partial charge in [0.25, 0.3) is 0 Å². The van der Waals surface area contributed by atoms with E-state index < -0.39 is 16.0 Å². The van der Waals surface area contributed by atoms with E-state index in [1.165, 1.54) is 29.6 Å². The molecule has 1 aromatic carbocycles. The van der Waals surface area contributed by atoms with Crippen LogP contribution in [0, 0.1) is 0 Å². The van der Waals surface area contributed by atoms with Crippen molar-refractivity contribution in [3.05, 3.63) is 28.8 Å². The van der Waals surface area contributed by atoms with E-state index in [0.717, 1.165) is 0 Å². The third kappa shape index (κ3) is 3.87. The number of rotatable bonds is 3. The lowest BCUT2D eigenvalue weighted by Crippen LogP contribution is -2.46. The number of hydrogen-bond acceptors (Lipinski definition) is 5. The molecule has 1 fully saturated rings. The molecule has 1 saturated heterocycles. The number of esters is 1. The number of piperazine rings is 1. The monoisotopic (exact) mass is 354 g/mol. The van der Waals surface area contributed by atoms with E-state index >= 15 is 0 Å². The number of ether oxygens (including phenoxy) is 1. The summed E-state index contributed by atoms with van der Waals surface area (Å²) in [6.07, 6.45) is 0. The first-order chi connectivity index (χ1) is 9.46. The largest absolute Gasteiger partial charge is 0.465 e. The molecular formula is C12H16Cl2N2O4S. The van der Waals surface area contributed by atoms with Crippen molar-refractivity contribution in [2.45, 2.75) is 4.90 Å². The average molecular weight is 355 g/mol. The number of carbonyl (C=O) groups excluding carboxylic acids is 1. The summed E-state index contributed by atoms with van der Waals surface area (Å²) in [4.78, 5) is 11.5. The van der Waals surface area contributed by atoms with Gasteiger partial charge in [0.05, 0.1) is 22.6 Å². The fraction of sp³-hybridized carbons (Fsp3) is 0.417. The van der Waals surface area contributed by atoms with Gasteiger partial charge in [-0.15, -0.1) is 12.4 Å². The molecule has 1 aliphatic rings. The molecule has 1 aromatic rings. The van der Waals surface area contributed by atoms with Crippen molar-refractivity contribution in [2.24, 2.45) is 0 Å². The zero-order valence-corrected chi connectivity index (χ0v) is 13.7. The van der Waals surface area contributed by atoms with Crippen LogP contribution in [0.5, 0.6) is 0 Å². The van der Waals surface area contributed by atoms with Crippen LogP contribution in [0.3, 0.4) is 0 Å². The Morgan fingerprint density at radius 1 is 1.33 bits per heavy atom.